The van der Waals surface area contributed by atoms with Crippen molar-refractivity contribution < 1.29 is 28.6 Å². The number of rotatable bonds is 11. The van der Waals surface area contributed by atoms with Gasteiger partial charge in [-0.2, -0.15) is 0 Å². The van der Waals surface area contributed by atoms with Crippen LogP contribution in [0.5, 0.6) is 5.75 Å². The normalized spacial score (nSPS) is 12.7. The Morgan fingerprint density at radius 1 is 0.882 bits per heavy atom. The number of esters is 2. The van der Waals surface area contributed by atoms with Gasteiger partial charge in [-0.05, 0) is 60.1 Å². The molecule has 0 unspecified atom stereocenters. The van der Waals surface area contributed by atoms with Crippen LogP contribution < -0.4 is 4.74 Å². The van der Waals surface area contributed by atoms with Crippen molar-refractivity contribution in [3.8, 4) is 5.75 Å². The molecule has 1 aromatic carbocycles. The summed E-state index contributed by atoms with van der Waals surface area (Å²) in [5.41, 5.74) is -1.42. The Morgan fingerprint density at radius 2 is 1.41 bits per heavy atom. The topological polar surface area (TPSA) is 85.4 Å². The Hall–Kier alpha value is -1.15. The van der Waals surface area contributed by atoms with Gasteiger partial charge < -0.3 is 14.2 Å². The molecule has 1 rings (SSSR count). The molecule has 8 nitrogen and oxygen atoms in total. The van der Waals surface area contributed by atoms with Crippen LogP contribution in [-0.4, -0.2) is 67.2 Å². The minimum atomic E-state index is -1.06. The van der Waals surface area contributed by atoms with E-state index in [4.69, 9.17) is 14.2 Å². The van der Waals surface area contributed by atoms with Gasteiger partial charge in [-0.1, -0.05) is 63.4 Å². The Bertz CT molecular complexity index is 787. The second-order valence-corrected chi connectivity index (χ2v) is 11.7. The number of hydrogen-bond acceptors (Lipinski definition) is 7. The van der Waals surface area contributed by atoms with Crippen molar-refractivity contribution in [1.82, 2.24) is 10.0 Å². The van der Waals surface area contributed by atoms with Gasteiger partial charge in [0.15, 0.2) is 0 Å². The summed E-state index contributed by atoms with van der Waals surface area (Å²) in [6.45, 7) is 11.6. The Labute approximate surface area is 230 Å². The summed E-state index contributed by atoms with van der Waals surface area (Å²) in [5.74, 6) is -0.698. The zero-order valence-corrected chi connectivity index (χ0v) is 25.1. The van der Waals surface area contributed by atoms with Crippen molar-refractivity contribution in [2.45, 2.75) is 71.6 Å². The highest BCUT2D eigenvalue weighted by atomic mass is 127. The van der Waals surface area contributed by atoms with E-state index in [0.29, 0.717) is 18.8 Å². The van der Waals surface area contributed by atoms with E-state index in [9.17, 15) is 14.4 Å². The number of alkyl halides is 2. The monoisotopic (exact) mass is 702 g/mol. The van der Waals surface area contributed by atoms with Crippen LogP contribution in [0.25, 0.3) is 0 Å². The number of hydrazine groups is 1. The molecule has 0 aromatic heterocycles. The number of hydrogen-bond donors (Lipinski definition) is 0. The number of benzene rings is 1. The van der Waals surface area contributed by atoms with E-state index < -0.39 is 35.3 Å². The summed E-state index contributed by atoms with van der Waals surface area (Å²) >= 11 is 4.44. The third kappa shape index (κ3) is 12.0. The van der Waals surface area contributed by atoms with Gasteiger partial charge in [-0.3, -0.25) is 4.79 Å². The van der Waals surface area contributed by atoms with E-state index in [1.807, 2.05) is 6.07 Å². The van der Waals surface area contributed by atoms with Crippen LogP contribution in [-0.2, 0) is 19.1 Å². The van der Waals surface area contributed by atoms with Gasteiger partial charge in [-0.15, -0.1) is 0 Å². The molecule has 0 N–H and O–H groups in total. The molecule has 0 radical (unpaired) electrons. The maximum Gasteiger partial charge on any atom is 0.430 e. The lowest BCUT2D eigenvalue weighted by Crippen LogP contribution is -2.58. The highest BCUT2D eigenvalue weighted by Crippen LogP contribution is 2.21. The Morgan fingerprint density at radius 3 is 1.88 bits per heavy atom. The van der Waals surface area contributed by atoms with E-state index in [1.165, 1.54) is 5.01 Å². The van der Waals surface area contributed by atoms with Crippen LogP contribution >= 0.6 is 45.2 Å². The molecule has 0 fully saturated rings. The second kappa shape index (κ2) is 14.4. The molecule has 0 aliphatic heterocycles. The number of halogens is 2. The first-order chi connectivity index (χ1) is 15.8. The van der Waals surface area contributed by atoms with E-state index in [2.05, 4.69) is 45.2 Å². The number of para-hydroxylation sites is 1. The molecule has 0 heterocycles. The first-order valence-electron chi connectivity index (χ1n) is 11.1. The molecule has 34 heavy (non-hydrogen) atoms. The predicted molar refractivity (Wildman–Crippen MR) is 148 cm³/mol. The molecule has 0 bridgehead atoms. The van der Waals surface area contributed by atoms with E-state index in [1.54, 1.807) is 70.8 Å². The molecule has 1 aromatic rings. The quantitative estimate of drug-likeness (QED) is 0.132. The van der Waals surface area contributed by atoms with Crippen molar-refractivity contribution in [3.05, 3.63) is 30.3 Å². The summed E-state index contributed by atoms with van der Waals surface area (Å²) < 4.78 is 18.1. The summed E-state index contributed by atoms with van der Waals surface area (Å²) in [4.78, 5) is 39.2. The smallest absolute Gasteiger partial charge is 0.430 e. The molecule has 0 saturated heterocycles. The van der Waals surface area contributed by atoms with Gasteiger partial charge in [0.1, 0.15) is 23.0 Å². The lowest BCUT2D eigenvalue weighted by molar-refractivity contribution is -0.168. The lowest BCUT2D eigenvalue weighted by atomic mass is 10.1. The molecule has 1 amide bonds. The largest absolute Gasteiger partial charge is 0.460 e. The maximum atomic E-state index is 13.4. The van der Waals surface area contributed by atoms with Crippen molar-refractivity contribution in [1.29, 1.82) is 0 Å². The van der Waals surface area contributed by atoms with E-state index in [-0.39, 0.29) is 12.8 Å². The van der Waals surface area contributed by atoms with Crippen LogP contribution in [0.2, 0.25) is 0 Å². The molecule has 0 aliphatic rings. The van der Waals surface area contributed by atoms with E-state index >= 15 is 0 Å². The first kappa shape index (κ1) is 30.9. The summed E-state index contributed by atoms with van der Waals surface area (Å²) in [6.07, 6.45) is -0.730. The van der Waals surface area contributed by atoms with Gasteiger partial charge in [-0.25, -0.2) is 19.6 Å². The number of carbonyl (C=O) groups excluding carboxylic acids is 3. The number of carbonyl (C=O) groups is 3. The molecule has 192 valence electrons. The summed E-state index contributed by atoms with van der Waals surface area (Å²) in [6, 6.07) is 7.61. The molecule has 0 aliphatic carbocycles. The van der Waals surface area contributed by atoms with Crippen LogP contribution in [0, 0.1) is 0 Å². The maximum absolute atomic E-state index is 13.4. The molecule has 10 heteroatoms. The van der Waals surface area contributed by atoms with Crippen LogP contribution in [0.4, 0.5) is 4.79 Å². The van der Waals surface area contributed by atoms with Crippen molar-refractivity contribution in [3.63, 3.8) is 0 Å². The fourth-order valence-electron chi connectivity index (χ4n) is 2.96. The third-order valence-corrected chi connectivity index (χ3v) is 5.11. The molecule has 1 atom stereocenters. The van der Waals surface area contributed by atoms with Gasteiger partial charge >= 0.3 is 18.0 Å². The number of ether oxygens (including phenoxy) is 3. The Balaban J connectivity index is 3.33. The third-order valence-electron chi connectivity index (χ3n) is 4.14. The minimum absolute atomic E-state index is 0.0344. The van der Waals surface area contributed by atoms with Crippen LogP contribution in [0.1, 0.15) is 54.4 Å². The van der Waals surface area contributed by atoms with Gasteiger partial charge in [0.2, 0.25) is 0 Å². The predicted octanol–water partition coefficient (Wildman–Crippen LogP) is 5.41. The SMILES string of the molecule is CC(C)(C)OC(=O)CC[C@@H](C(=O)OC(C)(C)C)N(C(=O)Oc1ccccc1)N(CCI)CCI. The highest BCUT2D eigenvalue weighted by molar-refractivity contribution is 14.1. The first-order valence-corrected chi connectivity index (χ1v) is 14.2. The molecule has 0 saturated carbocycles. The highest BCUT2D eigenvalue weighted by Gasteiger charge is 2.38. The molecule has 0 spiro atoms. The zero-order valence-electron chi connectivity index (χ0n) is 20.8. The fourth-order valence-corrected chi connectivity index (χ4v) is 4.07. The van der Waals surface area contributed by atoms with E-state index in [0.717, 1.165) is 8.86 Å². The van der Waals surface area contributed by atoms with Crippen molar-refractivity contribution in [2.24, 2.45) is 0 Å². The summed E-state index contributed by atoms with van der Waals surface area (Å²) in [7, 11) is 0. The zero-order chi connectivity index (χ0) is 25.9. The van der Waals surface area contributed by atoms with Gasteiger partial charge in [0, 0.05) is 28.4 Å². The van der Waals surface area contributed by atoms with Crippen molar-refractivity contribution in [2.75, 3.05) is 21.9 Å². The molecular weight excluding hydrogens is 666 g/mol. The molecular formula is C24H36I2N2O6. The second-order valence-electron chi connectivity index (χ2n) is 9.53. The average molecular weight is 702 g/mol. The van der Waals surface area contributed by atoms with Crippen LogP contribution in [0.15, 0.2) is 30.3 Å². The van der Waals surface area contributed by atoms with Gasteiger partial charge in [0.25, 0.3) is 0 Å². The van der Waals surface area contributed by atoms with Gasteiger partial charge in [0.05, 0.1) is 0 Å². The summed E-state index contributed by atoms with van der Waals surface area (Å²) in [5, 5.41) is 3.09. The lowest BCUT2D eigenvalue weighted by Gasteiger charge is -2.38. The number of nitrogens with zero attached hydrogens (tertiary/aromatic N) is 2. The standard InChI is InChI=1S/C24H36I2N2O6/c1-23(2,3)33-20(29)13-12-19(21(30)34-24(4,5)6)28(27(16-14-25)17-15-26)22(31)32-18-10-8-7-9-11-18/h7-11,19H,12-17H2,1-6H3/t19-/m0/s1. The Kier molecular flexibility index (Phi) is 13.1. The fraction of sp³-hybridized carbons (Fsp3) is 0.625. The average Bonchev–Trinajstić information content (AvgIpc) is 2.69. The number of amides is 1. The van der Waals surface area contributed by atoms with Crippen molar-refractivity contribution >= 4 is 63.2 Å². The minimum Gasteiger partial charge on any atom is -0.460 e. The van der Waals surface area contributed by atoms with Crippen LogP contribution in [0.3, 0.4) is 0 Å².